The number of carbonyl (C=O) groups excluding carboxylic acids is 1. The van der Waals surface area contributed by atoms with E-state index in [9.17, 15) is 9.90 Å². The highest BCUT2D eigenvalue weighted by Crippen LogP contribution is 2.28. The summed E-state index contributed by atoms with van der Waals surface area (Å²) in [4.78, 5) is 11.0. The summed E-state index contributed by atoms with van der Waals surface area (Å²) in [5.74, 6) is -0.357. The lowest BCUT2D eigenvalue weighted by molar-refractivity contribution is -0.160. The fourth-order valence-electron chi connectivity index (χ4n) is 1.44. The summed E-state index contributed by atoms with van der Waals surface area (Å²) in [5.41, 5.74) is 0.798. The zero-order chi connectivity index (χ0) is 9.26. The Morgan fingerprint density at radius 1 is 1.54 bits per heavy atom. The van der Waals surface area contributed by atoms with Crippen molar-refractivity contribution in [1.82, 2.24) is 0 Å². The van der Waals surface area contributed by atoms with E-state index in [2.05, 4.69) is 0 Å². The molecule has 0 amide bonds. The molecule has 13 heavy (non-hydrogen) atoms. The number of esters is 1. The third-order valence-corrected chi connectivity index (χ3v) is 2.08. The van der Waals surface area contributed by atoms with Gasteiger partial charge in [0.15, 0.2) is 0 Å². The number of carbonyl (C=O) groups is 1. The van der Waals surface area contributed by atoms with Crippen molar-refractivity contribution < 1.29 is 19.1 Å². The monoisotopic (exact) mass is 182 g/mol. The van der Waals surface area contributed by atoms with Gasteiger partial charge < -0.3 is 14.3 Å². The lowest BCUT2D eigenvalue weighted by atomic mass is 10.0. The van der Waals surface area contributed by atoms with Crippen LogP contribution in [-0.2, 0) is 9.53 Å². The number of rotatable bonds is 1. The molecular formula is C9H10O4. The Balaban J connectivity index is 2.12. The van der Waals surface area contributed by atoms with Gasteiger partial charge in [-0.2, -0.15) is 0 Å². The van der Waals surface area contributed by atoms with Crippen LogP contribution in [0.3, 0.4) is 0 Å². The van der Waals surface area contributed by atoms with Crippen LogP contribution < -0.4 is 0 Å². The van der Waals surface area contributed by atoms with E-state index in [1.165, 1.54) is 12.5 Å². The number of aliphatic hydroxyl groups is 1. The van der Waals surface area contributed by atoms with Gasteiger partial charge in [-0.1, -0.05) is 0 Å². The van der Waals surface area contributed by atoms with E-state index in [0.29, 0.717) is 6.42 Å². The van der Waals surface area contributed by atoms with Crippen molar-refractivity contribution in [3.8, 4) is 0 Å². The van der Waals surface area contributed by atoms with Crippen LogP contribution in [0, 0.1) is 0 Å². The molecule has 2 heterocycles. The molecule has 0 radical (unpaired) electrons. The second-order valence-corrected chi connectivity index (χ2v) is 3.13. The molecular weight excluding hydrogens is 172 g/mol. The average Bonchev–Trinajstić information content (AvgIpc) is 2.53. The van der Waals surface area contributed by atoms with Crippen molar-refractivity contribution in [3.63, 3.8) is 0 Å². The largest absolute Gasteiger partial charge is 0.472 e. The molecule has 1 aliphatic rings. The number of hydrogen-bond acceptors (Lipinski definition) is 4. The SMILES string of the molecule is O=C1C[C@H](O)C[C@@H](c2ccoc2)O1. The summed E-state index contributed by atoms with van der Waals surface area (Å²) in [5, 5.41) is 9.32. The summed E-state index contributed by atoms with van der Waals surface area (Å²) in [7, 11) is 0. The van der Waals surface area contributed by atoms with Gasteiger partial charge >= 0.3 is 5.97 Å². The van der Waals surface area contributed by atoms with Gasteiger partial charge in [0.05, 0.1) is 25.1 Å². The maximum absolute atomic E-state index is 11.0. The van der Waals surface area contributed by atoms with Gasteiger partial charge in [0, 0.05) is 12.0 Å². The van der Waals surface area contributed by atoms with Crippen molar-refractivity contribution in [2.24, 2.45) is 0 Å². The van der Waals surface area contributed by atoms with E-state index in [1.807, 2.05) is 0 Å². The maximum Gasteiger partial charge on any atom is 0.309 e. The Bertz CT molecular complexity index is 291. The highest BCUT2D eigenvalue weighted by atomic mass is 16.5. The summed E-state index contributed by atoms with van der Waals surface area (Å²) in [6.07, 6.45) is 2.64. The van der Waals surface area contributed by atoms with Crippen LogP contribution in [-0.4, -0.2) is 17.2 Å². The molecule has 2 rings (SSSR count). The third kappa shape index (κ3) is 1.72. The minimum atomic E-state index is -0.596. The van der Waals surface area contributed by atoms with Crippen LogP contribution in [0.15, 0.2) is 23.0 Å². The summed E-state index contributed by atoms with van der Waals surface area (Å²) in [6, 6.07) is 1.73. The van der Waals surface area contributed by atoms with E-state index in [0.717, 1.165) is 5.56 Å². The average molecular weight is 182 g/mol. The highest BCUT2D eigenvalue weighted by molar-refractivity contribution is 5.71. The molecule has 0 spiro atoms. The fourth-order valence-corrected chi connectivity index (χ4v) is 1.44. The molecule has 70 valence electrons. The molecule has 1 aromatic heterocycles. The normalized spacial score (nSPS) is 28.5. The second-order valence-electron chi connectivity index (χ2n) is 3.13. The number of hydrogen-bond donors (Lipinski definition) is 1. The van der Waals surface area contributed by atoms with Crippen molar-refractivity contribution in [2.75, 3.05) is 0 Å². The van der Waals surface area contributed by atoms with Crippen molar-refractivity contribution >= 4 is 5.97 Å². The van der Waals surface area contributed by atoms with Crippen LogP contribution in [0.1, 0.15) is 24.5 Å². The molecule has 1 fully saturated rings. The summed E-state index contributed by atoms with van der Waals surface area (Å²) >= 11 is 0. The molecule has 4 heteroatoms. The molecule has 1 saturated heterocycles. The Morgan fingerprint density at radius 3 is 3.00 bits per heavy atom. The van der Waals surface area contributed by atoms with E-state index in [1.54, 1.807) is 6.07 Å². The van der Waals surface area contributed by atoms with Gasteiger partial charge in [0.25, 0.3) is 0 Å². The van der Waals surface area contributed by atoms with Crippen LogP contribution in [0.25, 0.3) is 0 Å². The van der Waals surface area contributed by atoms with Crippen LogP contribution in [0.5, 0.6) is 0 Å². The molecule has 1 N–H and O–H groups in total. The van der Waals surface area contributed by atoms with Crippen molar-refractivity contribution in [1.29, 1.82) is 0 Å². The maximum atomic E-state index is 11.0. The molecule has 0 saturated carbocycles. The van der Waals surface area contributed by atoms with E-state index < -0.39 is 6.10 Å². The summed E-state index contributed by atoms with van der Waals surface area (Å²) < 4.78 is 9.91. The molecule has 4 nitrogen and oxygen atoms in total. The van der Waals surface area contributed by atoms with Gasteiger partial charge in [0.2, 0.25) is 0 Å². The minimum Gasteiger partial charge on any atom is -0.472 e. The number of aliphatic hydroxyl groups excluding tert-OH is 1. The smallest absolute Gasteiger partial charge is 0.309 e. The molecule has 0 aromatic carbocycles. The first-order valence-electron chi connectivity index (χ1n) is 4.15. The topological polar surface area (TPSA) is 59.7 Å². The molecule has 1 aromatic rings. The lowest BCUT2D eigenvalue weighted by Crippen LogP contribution is -2.27. The van der Waals surface area contributed by atoms with Crippen LogP contribution in [0.4, 0.5) is 0 Å². The first-order chi connectivity index (χ1) is 6.25. The molecule has 2 atom stereocenters. The van der Waals surface area contributed by atoms with Gasteiger partial charge in [-0.05, 0) is 6.07 Å². The van der Waals surface area contributed by atoms with Gasteiger partial charge in [-0.15, -0.1) is 0 Å². The Morgan fingerprint density at radius 2 is 2.38 bits per heavy atom. The molecule has 1 aliphatic heterocycles. The second kappa shape index (κ2) is 3.22. The highest BCUT2D eigenvalue weighted by Gasteiger charge is 2.28. The first-order valence-corrected chi connectivity index (χ1v) is 4.15. The Kier molecular flexibility index (Phi) is 2.06. The lowest BCUT2D eigenvalue weighted by Gasteiger charge is -2.24. The third-order valence-electron chi connectivity index (χ3n) is 2.08. The zero-order valence-corrected chi connectivity index (χ0v) is 6.97. The summed E-state index contributed by atoms with van der Waals surface area (Å²) in [6.45, 7) is 0. The van der Waals surface area contributed by atoms with E-state index in [4.69, 9.17) is 9.15 Å². The van der Waals surface area contributed by atoms with Crippen LogP contribution in [0.2, 0.25) is 0 Å². The number of furan rings is 1. The standard InChI is InChI=1S/C9H10O4/c10-7-3-8(13-9(11)4-7)6-1-2-12-5-6/h1-2,5,7-8,10H,3-4H2/t7-,8+/m1/s1. The van der Waals surface area contributed by atoms with E-state index >= 15 is 0 Å². The zero-order valence-electron chi connectivity index (χ0n) is 6.97. The van der Waals surface area contributed by atoms with Crippen molar-refractivity contribution in [2.45, 2.75) is 25.0 Å². The fraction of sp³-hybridized carbons (Fsp3) is 0.444. The molecule has 0 bridgehead atoms. The number of ether oxygens (including phenoxy) is 1. The van der Waals surface area contributed by atoms with Crippen molar-refractivity contribution in [3.05, 3.63) is 24.2 Å². The quantitative estimate of drug-likeness (QED) is 0.658. The predicted octanol–water partition coefficient (Wildman–Crippen LogP) is 1.02. The van der Waals surface area contributed by atoms with Gasteiger partial charge in [0.1, 0.15) is 6.10 Å². The molecule has 0 aliphatic carbocycles. The van der Waals surface area contributed by atoms with E-state index in [-0.39, 0.29) is 18.5 Å². The molecule has 0 unspecified atom stereocenters. The number of cyclic esters (lactones) is 1. The Hall–Kier alpha value is -1.29. The van der Waals surface area contributed by atoms with Gasteiger partial charge in [-0.25, -0.2) is 0 Å². The van der Waals surface area contributed by atoms with Gasteiger partial charge in [-0.3, -0.25) is 4.79 Å². The Labute approximate surface area is 75.1 Å². The predicted molar refractivity (Wildman–Crippen MR) is 42.8 cm³/mol. The van der Waals surface area contributed by atoms with Crippen LogP contribution >= 0.6 is 0 Å². The minimum absolute atomic E-state index is 0.0916. The first kappa shape index (κ1) is 8.31.